The highest BCUT2D eigenvalue weighted by Crippen LogP contribution is 2.25. The molecule has 0 aromatic heterocycles. The van der Waals surface area contributed by atoms with Gasteiger partial charge in [-0.25, -0.2) is 0 Å². The second-order valence-electron chi connectivity index (χ2n) is 7.51. The minimum absolute atomic E-state index is 0.0876. The van der Waals surface area contributed by atoms with Gasteiger partial charge in [0.05, 0.1) is 10.7 Å². The summed E-state index contributed by atoms with van der Waals surface area (Å²) in [6, 6.07) is 12.0. The first-order chi connectivity index (χ1) is 14.9. The lowest BCUT2D eigenvalue weighted by molar-refractivity contribution is -0.128. The maximum Gasteiger partial charge on any atom is 0.254 e. The predicted octanol–water partition coefficient (Wildman–Crippen LogP) is 4.61. The van der Waals surface area contributed by atoms with Crippen LogP contribution in [-0.4, -0.2) is 47.2 Å². The Morgan fingerprint density at radius 3 is 2.48 bits per heavy atom. The van der Waals surface area contributed by atoms with Crippen molar-refractivity contribution >= 4 is 46.6 Å². The van der Waals surface area contributed by atoms with Gasteiger partial charge in [0.2, 0.25) is 11.8 Å². The molecule has 0 atom stereocenters. The van der Waals surface area contributed by atoms with E-state index in [4.69, 9.17) is 23.2 Å². The molecule has 0 unspecified atom stereocenters. The molecule has 6 nitrogen and oxygen atoms in total. The molecule has 2 aromatic carbocycles. The van der Waals surface area contributed by atoms with Gasteiger partial charge in [-0.15, -0.1) is 0 Å². The van der Waals surface area contributed by atoms with Gasteiger partial charge >= 0.3 is 0 Å². The van der Waals surface area contributed by atoms with Crippen molar-refractivity contribution in [2.75, 3.05) is 25.0 Å². The van der Waals surface area contributed by atoms with Gasteiger partial charge in [0.15, 0.2) is 0 Å². The summed E-state index contributed by atoms with van der Waals surface area (Å²) in [4.78, 5) is 40.6. The highest BCUT2D eigenvalue weighted by atomic mass is 35.5. The zero-order valence-corrected chi connectivity index (χ0v) is 18.9. The topological polar surface area (TPSA) is 69.7 Å². The molecule has 164 valence electrons. The van der Waals surface area contributed by atoms with Gasteiger partial charge in [-0.2, -0.15) is 0 Å². The lowest BCUT2D eigenvalue weighted by Gasteiger charge is -2.22. The number of hydrogen-bond donors (Lipinski definition) is 1. The predicted molar refractivity (Wildman–Crippen MR) is 122 cm³/mol. The lowest BCUT2D eigenvalue weighted by Crippen LogP contribution is -2.38. The van der Waals surface area contributed by atoms with Crippen LogP contribution < -0.4 is 5.32 Å². The van der Waals surface area contributed by atoms with Crippen LogP contribution in [0.4, 0.5) is 5.69 Å². The average molecular weight is 462 g/mol. The first-order valence-corrected chi connectivity index (χ1v) is 11.0. The van der Waals surface area contributed by atoms with Crippen molar-refractivity contribution in [2.45, 2.75) is 32.7 Å². The summed E-state index contributed by atoms with van der Waals surface area (Å²) in [7, 11) is 0. The van der Waals surface area contributed by atoms with E-state index in [1.165, 1.54) is 4.90 Å². The molecule has 3 amide bonds. The molecule has 1 N–H and O–H groups in total. The van der Waals surface area contributed by atoms with Crippen LogP contribution in [0.2, 0.25) is 10.0 Å². The Labute approximate surface area is 192 Å². The zero-order chi connectivity index (χ0) is 22.4. The molecule has 0 saturated carbocycles. The number of anilines is 1. The number of likely N-dealkylation sites (tertiary alicyclic amines) is 1. The van der Waals surface area contributed by atoms with E-state index in [9.17, 15) is 14.4 Å². The molecular weight excluding hydrogens is 437 g/mol. The number of carbonyl (C=O) groups is 3. The quantitative estimate of drug-likeness (QED) is 0.623. The van der Waals surface area contributed by atoms with Crippen LogP contribution in [0.3, 0.4) is 0 Å². The van der Waals surface area contributed by atoms with E-state index in [2.05, 4.69) is 5.32 Å². The normalized spacial score (nSPS) is 13.4. The fraction of sp³-hybridized carbons (Fsp3) is 0.348. The first kappa shape index (κ1) is 23.1. The van der Waals surface area contributed by atoms with Gasteiger partial charge in [0, 0.05) is 36.6 Å². The lowest BCUT2D eigenvalue weighted by atomic mass is 10.1. The standard InChI is InChI=1S/C23H25Cl2N3O3/c1-2-11-28(15-21(29)26-20-10-9-18(24)13-19(20)25)23(31)17-7-5-16(6-8-17)14-27-12-3-4-22(27)30/h5-10,13H,2-4,11-12,14-15H2,1H3,(H,26,29). The summed E-state index contributed by atoms with van der Waals surface area (Å²) in [5, 5.41) is 3.54. The van der Waals surface area contributed by atoms with Crippen LogP contribution in [0, 0.1) is 0 Å². The Morgan fingerprint density at radius 1 is 1.13 bits per heavy atom. The van der Waals surface area contributed by atoms with E-state index in [0.29, 0.717) is 40.8 Å². The number of hydrogen-bond acceptors (Lipinski definition) is 3. The monoisotopic (exact) mass is 461 g/mol. The van der Waals surface area contributed by atoms with E-state index in [1.807, 2.05) is 24.0 Å². The Bertz CT molecular complexity index is 963. The second kappa shape index (κ2) is 10.6. The van der Waals surface area contributed by atoms with E-state index in [1.54, 1.807) is 30.3 Å². The summed E-state index contributed by atoms with van der Waals surface area (Å²) >= 11 is 12.0. The van der Waals surface area contributed by atoms with E-state index in [-0.39, 0.29) is 24.3 Å². The summed E-state index contributed by atoms with van der Waals surface area (Å²) in [6.45, 7) is 3.64. The molecule has 0 bridgehead atoms. The molecular formula is C23H25Cl2N3O3. The third-order valence-corrected chi connectivity index (χ3v) is 5.61. The van der Waals surface area contributed by atoms with Crippen molar-refractivity contribution in [1.29, 1.82) is 0 Å². The van der Waals surface area contributed by atoms with Gasteiger partial charge in [-0.1, -0.05) is 42.3 Å². The molecule has 0 spiro atoms. The highest BCUT2D eigenvalue weighted by Gasteiger charge is 2.21. The number of halogens is 2. The molecule has 1 aliphatic rings. The Hall–Kier alpha value is -2.57. The van der Waals surface area contributed by atoms with Crippen LogP contribution in [-0.2, 0) is 16.1 Å². The number of rotatable bonds is 8. The van der Waals surface area contributed by atoms with Crippen LogP contribution in [0.5, 0.6) is 0 Å². The van der Waals surface area contributed by atoms with E-state index < -0.39 is 0 Å². The van der Waals surface area contributed by atoms with Gasteiger partial charge in [0.1, 0.15) is 6.54 Å². The molecule has 1 heterocycles. The number of carbonyl (C=O) groups excluding carboxylic acids is 3. The van der Waals surface area contributed by atoms with Gasteiger partial charge < -0.3 is 15.1 Å². The van der Waals surface area contributed by atoms with E-state index >= 15 is 0 Å². The van der Waals surface area contributed by atoms with Crippen molar-refractivity contribution in [2.24, 2.45) is 0 Å². The van der Waals surface area contributed by atoms with Crippen LogP contribution in [0.25, 0.3) is 0 Å². The van der Waals surface area contributed by atoms with Crippen molar-refractivity contribution in [3.8, 4) is 0 Å². The van der Waals surface area contributed by atoms with Crippen LogP contribution in [0.1, 0.15) is 42.1 Å². The molecule has 1 aliphatic heterocycles. The maximum atomic E-state index is 13.0. The first-order valence-electron chi connectivity index (χ1n) is 10.3. The van der Waals surface area contributed by atoms with Gasteiger partial charge in [-0.05, 0) is 48.7 Å². The van der Waals surface area contributed by atoms with Crippen molar-refractivity contribution in [3.05, 3.63) is 63.6 Å². The van der Waals surface area contributed by atoms with Crippen LogP contribution in [0.15, 0.2) is 42.5 Å². The summed E-state index contributed by atoms with van der Waals surface area (Å²) in [5.74, 6) is -0.390. The Morgan fingerprint density at radius 2 is 1.87 bits per heavy atom. The number of nitrogens with zero attached hydrogens (tertiary/aromatic N) is 2. The largest absolute Gasteiger partial charge is 0.338 e. The molecule has 2 aromatic rings. The smallest absolute Gasteiger partial charge is 0.254 e. The number of amides is 3. The summed E-state index contributed by atoms with van der Waals surface area (Å²) in [5.41, 5.74) is 1.92. The molecule has 1 saturated heterocycles. The van der Waals surface area contributed by atoms with Gasteiger partial charge in [-0.3, -0.25) is 14.4 Å². The third kappa shape index (κ3) is 6.21. The number of nitrogens with one attached hydrogen (secondary N) is 1. The fourth-order valence-corrected chi connectivity index (χ4v) is 3.96. The van der Waals surface area contributed by atoms with Gasteiger partial charge in [0.25, 0.3) is 5.91 Å². The van der Waals surface area contributed by atoms with Crippen LogP contribution >= 0.6 is 23.2 Å². The molecule has 31 heavy (non-hydrogen) atoms. The maximum absolute atomic E-state index is 13.0. The molecule has 0 radical (unpaired) electrons. The second-order valence-corrected chi connectivity index (χ2v) is 8.36. The van der Waals surface area contributed by atoms with E-state index in [0.717, 1.165) is 24.9 Å². The van der Waals surface area contributed by atoms with Crippen molar-refractivity contribution in [3.63, 3.8) is 0 Å². The minimum atomic E-state index is -0.338. The van der Waals surface area contributed by atoms with Crippen molar-refractivity contribution < 1.29 is 14.4 Å². The number of benzene rings is 2. The highest BCUT2D eigenvalue weighted by molar-refractivity contribution is 6.36. The Balaban J connectivity index is 1.63. The average Bonchev–Trinajstić information content (AvgIpc) is 3.14. The summed E-state index contributed by atoms with van der Waals surface area (Å²) < 4.78 is 0. The SMILES string of the molecule is CCCN(CC(=O)Nc1ccc(Cl)cc1Cl)C(=O)c1ccc(CN2CCCC2=O)cc1. The molecule has 0 aliphatic carbocycles. The molecule has 1 fully saturated rings. The summed E-state index contributed by atoms with van der Waals surface area (Å²) in [6.07, 6.45) is 2.21. The van der Waals surface area contributed by atoms with Crippen molar-refractivity contribution in [1.82, 2.24) is 9.80 Å². The zero-order valence-electron chi connectivity index (χ0n) is 17.4. The third-order valence-electron chi connectivity index (χ3n) is 5.07. The Kier molecular flexibility index (Phi) is 7.93. The molecule has 8 heteroatoms. The fourth-order valence-electron chi connectivity index (χ4n) is 3.50. The molecule has 3 rings (SSSR count). The minimum Gasteiger partial charge on any atom is -0.338 e.